The number of likely N-dealkylation sites (N-methyl/N-ethyl adjacent to an activating group) is 1. The van der Waals surface area contributed by atoms with E-state index in [1.165, 1.54) is 20.8 Å². The van der Waals surface area contributed by atoms with Gasteiger partial charge in [-0.15, -0.1) is 0 Å². The second-order valence-electron chi connectivity index (χ2n) is 16.8. The van der Waals surface area contributed by atoms with Crippen molar-refractivity contribution < 1.29 is 57.2 Å². The van der Waals surface area contributed by atoms with E-state index < -0.39 is 107 Å². The lowest BCUT2D eigenvalue weighted by atomic mass is 9.73. The maximum Gasteiger partial charge on any atom is 0.408 e. The zero-order valence-corrected chi connectivity index (χ0v) is 35.8. The normalized spacial score (nSPS) is 36.9. The molecular formula is C41H58FN7O11. The van der Waals surface area contributed by atoms with Crippen molar-refractivity contribution in [1.82, 2.24) is 35.1 Å². The Hall–Kier alpha value is -4.85. The number of alkyl carbamates (subject to hydrolysis) is 2. The average Bonchev–Trinajstić information content (AvgIpc) is 3.80. The predicted molar refractivity (Wildman–Crippen MR) is 212 cm³/mol. The van der Waals surface area contributed by atoms with E-state index >= 15 is 4.39 Å². The molecule has 5 heterocycles. The molecular weight excluding hydrogens is 785 g/mol. The third kappa shape index (κ3) is 9.69. The molecule has 3 aliphatic rings. The Bertz CT molecular complexity index is 1910. The molecule has 3 aliphatic heterocycles. The van der Waals surface area contributed by atoms with E-state index in [1.54, 1.807) is 94.5 Å². The number of ether oxygens (including phenoxy) is 5. The van der Waals surface area contributed by atoms with Crippen LogP contribution in [0.4, 0.5) is 14.0 Å². The van der Waals surface area contributed by atoms with Gasteiger partial charge in [0.05, 0.1) is 24.0 Å². The number of imidazole rings is 1. The molecule has 2 aromatic heterocycles. The van der Waals surface area contributed by atoms with Gasteiger partial charge in [-0.1, -0.05) is 33.8 Å². The monoisotopic (exact) mass is 843 g/mol. The second-order valence-corrected chi connectivity index (χ2v) is 16.8. The van der Waals surface area contributed by atoms with Gasteiger partial charge in [0.15, 0.2) is 23.5 Å². The van der Waals surface area contributed by atoms with Gasteiger partial charge >= 0.3 is 18.2 Å². The van der Waals surface area contributed by atoms with Gasteiger partial charge in [-0.05, 0) is 67.1 Å². The molecule has 3 N–H and O–H groups in total. The number of aromatic nitrogens is 4. The second kappa shape index (κ2) is 18.4. The Morgan fingerprint density at radius 2 is 1.83 bits per heavy atom. The number of carbonyl (C=O) groups is 5. The van der Waals surface area contributed by atoms with E-state index in [9.17, 15) is 29.1 Å². The Morgan fingerprint density at radius 1 is 1.12 bits per heavy atom. The summed E-state index contributed by atoms with van der Waals surface area (Å²) in [6, 6.07) is -1.51. The number of cyclic esters (lactones) is 1. The van der Waals surface area contributed by atoms with Crippen molar-refractivity contribution in [2.24, 2.45) is 17.8 Å². The molecule has 2 aromatic rings. The lowest BCUT2D eigenvalue weighted by Crippen LogP contribution is -2.62. The Morgan fingerprint density at radius 3 is 2.48 bits per heavy atom. The van der Waals surface area contributed by atoms with Crippen LogP contribution in [0.15, 0.2) is 37.2 Å². The van der Waals surface area contributed by atoms with Crippen LogP contribution in [0.1, 0.15) is 80.3 Å². The highest BCUT2D eigenvalue weighted by Crippen LogP contribution is 2.41. The average molecular weight is 844 g/mol. The first-order valence-corrected chi connectivity index (χ1v) is 20.2. The number of amides is 2. The number of aliphatic hydroxyl groups is 1. The molecule has 0 bridgehead atoms. The minimum atomic E-state index is -3.30. The van der Waals surface area contributed by atoms with E-state index in [1.807, 2.05) is 0 Å². The van der Waals surface area contributed by atoms with Gasteiger partial charge in [0, 0.05) is 48.9 Å². The van der Waals surface area contributed by atoms with Gasteiger partial charge in [-0.2, -0.15) is 0 Å². The summed E-state index contributed by atoms with van der Waals surface area (Å²) < 4.78 is 48.5. The van der Waals surface area contributed by atoms with Gasteiger partial charge in [0.1, 0.15) is 36.0 Å². The predicted octanol–water partition coefficient (Wildman–Crippen LogP) is 3.34. The van der Waals surface area contributed by atoms with E-state index in [0.29, 0.717) is 17.9 Å². The van der Waals surface area contributed by atoms with Crippen LogP contribution in [0.2, 0.25) is 0 Å². The molecule has 5 rings (SSSR count). The van der Waals surface area contributed by atoms with E-state index in [2.05, 4.69) is 25.6 Å². The SMILES string of the molecule is CC[C@H]1OC(=O)[C@@](C)(F)C(=O)[C@H](C)[C@@H](O[C@@H]2O[C@H](C)C[C@H](N(C)C)[C@H]2O)[C@](C)(OC(=O)NC/C=C/c2cn(-c3cnccn3)cn2)C[C@@H](C)C(=O)[C@H](C)[C@H]2NC(=O)O[C@@]21C. The van der Waals surface area contributed by atoms with Crippen LogP contribution in [-0.4, -0.2) is 140 Å². The summed E-state index contributed by atoms with van der Waals surface area (Å²) >= 11 is 0. The first-order valence-electron chi connectivity index (χ1n) is 20.2. The van der Waals surface area contributed by atoms with Gasteiger partial charge in [-0.3, -0.25) is 19.1 Å². The Kier molecular flexibility index (Phi) is 14.2. The Labute approximate surface area is 348 Å². The van der Waals surface area contributed by atoms with Gasteiger partial charge in [0.2, 0.25) is 0 Å². The summed E-state index contributed by atoms with van der Waals surface area (Å²) in [7, 11) is 3.54. The molecule has 3 fully saturated rings. The zero-order chi connectivity index (χ0) is 44.3. The summed E-state index contributed by atoms with van der Waals surface area (Å²) in [6.45, 7) is 11.5. The number of esters is 1. The number of rotatable bonds is 9. The number of Topliss-reactive ketones (excluding diaryl/α,β-unsaturated/α-hetero) is 2. The van der Waals surface area contributed by atoms with Crippen molar-refractivity contribution >= 4 is 35.8 Å². The van der Waals surface area contributed by atoms with E-state index in [4.69, 9.17) is 23.7 Å². The van der Waals surface area contributed by atoms with Crippen molar-refractivity contribution in [3.05, 3.63) is 42.9 Å². The van der Waals surface area contributed by atoms with Crippen LogP contribution in [0.25, 0.3) is 11.9 Å². The number of aliphatic hydroxyl groups excluding tert-OH is 1. The molecule has 13 atom stereocenters. The fourth-order valence-electron chi connectivity index (χ4n) is 8.63. The smallest absolute Gasteiger partial charge is 0.408 e. The minimum absolute atomic E-state index is 0.0419. The highest BCUT2D eigenvalue weighted by Gasteiger charge is 2.60. The quantitative estimate of drug-likeness (QED) is 0.187. The molecule has 3 saturated heterocycles. The number of halogens is 1. The van der Waals surface area contributed by atoms with Gasteiger partial charge < -0.3 is 44.3 Å². The molecule has 2 amide bonds. The molecule has 330 valence electrons. The number of nitrogens with zero attached hydrogens (tertiary/aromatic N) is 5. The number of ketones is 2. The molecule has 18 nitrogen and oxygen atoms in total. The van der Waals surface area contributed by atoms with Gasteiger partial charge in [0.25, 0.3) is 5.67 Å². The first-order chi connectivity index (χ1) is 28.1. The van der Waals surface area contributed by atoms with E-state index in [0.717, 1.165) is 6.92 Å². The summed E-state index contributed by atoms with van der Waals surface area (Å²) in [5, 5.41) is 16.8. The number of alkyl halides is 1. The minimum Gasteiger partial charge on any atom is -0.455 e. The van der Waals surface area contributed by atoms with Crippen LogP contribution < -0.4 is 10.6 Å². The topological polar surface area (TPSA) is 223 Å². The van der Waals surface area contributed by atoms with Crippen LogP contribution in [-0.2, 0) is 38.1 Å². The van der Waals surface area contributed by atoms with Crippen molar-refractivity contribution in [2.45, 2.75) is 134 Å². The highest BCUT2D eigenvalue weighted by molar-refractivity contribution is 6.08. The third-order valence-corrected chi connectivity index (χ3v) is 11.9. The maximum absolute atomic E-state index is 16.9. The molecule has 0 saturated carbocycles. The fraction of sp³-hybridized carbons (Fsp3) is 0.659. The first kappa shape index (κ1) is 46.2. The number of fused-ring (bicyclic) bond motifs is 1. The fourth-order valence-corrected chi connectivity index (χ4v) is 8.63. The summed E-state index contributed by atoms with van der Waals surface area (Å²) in [4.78, 5) is 83.4. The molecule has 60 heavy (non-hydrogen) atoms. The molecule has 0 spiro atoms. The van der Waals surface area contributed by atoms with Crippen molar-refractivity contribution in [3.8, 4) is 5.82 Å². The number of nitrogens with one attached hydrogen (secondary N) is 2. The van der Waals surface area contributed by atoms with Crippen LogP contribution in [0.5, 0.6) is 0 Å². The molecule has 0 aliphatic carbocycles. The zero-order valence-electron chi connectivity index (χ0n) is 35.8. The Balaban J connectivity index is 1.52. The lowest BCUT2D eigenvalue weighted by Gasteiger charge is -2.47. The number of carbonyl (C=O) groups excluding carboxylic acids is 5. The van der Waals surface area contributed by atoms with Crippen molar-refractivity contribution in [1.29, 1.82) is 0 Å². The molecule has 19 heteroatoms. The molecule has 0 radical (unpaired) electrons. The van der Waals surface area contributed by atoms with Crippen molar-refractivity contribution in [2.75, 3.05) is 20.6 Å². The number of hydrogen-bond donors (Lipinski definition) is 3. The van der Waals surface area contributed by atoms with Gasteiger partial charge in [-0.25, -0.2) is 28.7 Å². The summed E-state index contributed by atoms with van der Waals surface area (Å²) in [6.07, 6.45) is 3.46. The van der Waals surface area contributed by atoms with Crippen molar-refractivity contribution in [3.63, 3.8) is 0 Å². The largest absolute Gasteiger partial charge is 0.455 e. The standard InChI is InChI=1S/C41H58FN7O11/c1-11-28-41(8)32(47-38(55)60-41)24(4)30(50)22(2)18-39(6,59-37(54)45-14-12-13-26-20-49(21-46-26)29-19-43-15-16-44-29)34(25(5)33(52)40(7,42)36(53)57-28)58-35-31(51)27(48(9)10)17-23(3)56-35/h12-13,15-16,19-25,27-28,31-32,34-35,51H,11,14,17-18H2,1-10H3,(H,45,54)(H,47,55)/b13-12+/t22-,23-,24+,25+,27+,28-,31-,32-,34-,35+,39-,40+,41-/m1/s1. The van der Waals surface area contributed by atoms with E-state index in [-0.39, 0.29) is 19.4 Å². The van der Waals surface area contributed by atoms with Crippen LogP contribution >= 0.6 is 0 Å². The number of hydrogen-bond acceptors (Lipinski definition) is 15. The lowest BCUT2D eigenvalue weighted by molar-refractivity contribution is -0.292. The van der Waals surface area contributed by atoms with Crippen LogP contribution in [0, 0.1) is 17.8 Å². The molecule has 0 aromatic carbocycles. The summed E-state index contributed by atoms with van der Waals surface area (Å²) in [5.74, 6) is -6.19. The molecule has 0 unspecified atom stereocenters. The third-order valence-electron chi connectivity index (χ3n) is 11.9. The summed E-state index contributed by atoms with van der Waals surface area (Å²) in [5.41, 5.74) is -6.33. The maximum atomic E-state index is 16.9. The van der Waals surface area contributed by atoms with Crippen LogP contribution in [0.3, 0.4) is 0 Å². The highest BCUT2D eigenvalue weighted by atomic mass is 19.1.